The number of aromatic amines is 1. The third kappa shape index (κ3) is 2.40. The fraction of sp³-hybridized carbons (Fsp3) is 0. The molecule has 3 rings (SSSR count). The molecule has 0 spiro atoms. The molecule has 0 radical (unpaired) electrons. The SMILES string of the molecule is O=c1cc(-c2ccccn2)nc(-c2ccccn2)[nH]1. The summed E-state index contributed by atoms with van der Waals surface area (Å²) < 4.78 is 0. The van der Waals surface area contributed by atoms with Crippen LogP contribution in [0.1, 0.15) is 0 Å². The largest absolute Gasteiger partial charge is 0.305 e. The summed E-state index contributed by atoms with van der Waals surface area (Å²) in [6.45, 7) is 0. The molecule has 5 heteroatoms. The van der Waals surface area contributed by atoms with Gasteiger partial charge < -0.3 is 4.98 Å². The zero-order chi connectivity index (χ0) is 13.1. The van der Waals surface area contributed by atoms with Gasteiger partial charge in [-0.1, -0.05) is 12.1 Å². The van der Waals surface area contributed by atoms with Crippen LogP contribution < -0.4 is 5.56 Å². The van der Waals surface area contributed by atoms with Gasteiger partial charge in [0.15, 0.2) is 5.82 Å². The molecule has 5 nitrogen and oxygen atoms in total. The van der Waals surface area contributed by atoms with Gasteiger partial charge in [0, 0.05) is 18.5 Å². The lowest BCUT2D eigenvalue weighted by Crippen LogP contribution is -2.09. The van der Waals surface area contributed by atoms with Crippen LogP contribution in [0, 0.1) is 0 Å². The molecule has 0 aromatic carbocycles. The van der Waals surface area contributed by atoms with E-state index in [1.807, 2.05) is 30.3 Å². The Hall–Kier alpha value is -2.82. The van der Waals surface area contributed by atoms with Crippen LogP contribution in [0.3, 0.4) is 0 Å². The lowest BCUT2D eigenvalue weighted by atomic mass is 10.2. The number of nitrogens with one attached hydrogen (secondary N) is 1. The van der Waals surface area contributed by atoms with Crippen molar-refractivity contribution in [2.45, 2.75) is 0 Å². The molecule has 3 heterocycles. The Balaban J connectivity index is 2.15. The van der Waals surface area contributed by atoms with E-state index in [9.17, 15) is 4.79 Å². The van der Waals surface area contributed by atoms with Crippen molar-refractivity contribution in [2.75, 3.05) is 0 Å². The van der Waals surface area contributed by atoms with Gasteiger partial charge in [0.05, 0.1) is 11.4 Å². The summed E-state index contributed by atoms with van der Waals surface area (Å²) >= 11 is 0. The molecule has 3 aromatic heterocycles. The highest BCUT2D eigenvalue weighted by atomic mass is 16.1. The van der Waals surface area contributed by atoms with Crippen molar-refractivity contribution in [1.29, 1.82) is 0 Å². The van der Waals surface area contributed by atoms with E-state index in [0.29, 0.717) is 22.9 Å². The number of H-pyrrole nitrogens is 1. The van der Waals surface area contributed by atoms with Crippen molar-refractivity contribution < 1.29 is 0 Å². The maximum Gasteiger partial charge on any atom is 0.251 e. The van der Waals surface area contributed by atoms with E-state index in [-0.39, 0.29) is 5.56 Å². The van der Waals surface area contributed by atoms with E-state index in [2.05, 4.69) is 19.9 Å². The van der Waals surface area contributed by atoms with Gasteiger partial charge in [-0.15, -0.1) is 0 Å². The summed E-state index contributed by atoms with van der Waals surface area (Å²) in [5.74, 6) is 0.439. The van der Waals surface area contributed by atoms with Crippen molar-refractivity contribution in [3.8, 4) is 22.9 Å². The number of pyridine rings is 2. The van der Waals surface area contributed by atoms with Crippen LogP contribution in [-0.2, 0) is 0 Å². The molecule has 0 aliphatic carbocycles. The molecule has 0 fully saturated rings. The second kappa shape index (κ2) is 4.81. The first kappa shape index (κ1) is 11.3. The Morgan fingerprint density at radius 1 is 0.842 bits per heavy atom. The van der Waals surface area contributed by atoms with E-state index in [4.69, 9.17) is 0 Å². The molecule has 0 bridgehead atoms. The Morgan fingerprint density at radius 2 is 1.53 bits per heavy atom. The van der Waals surface area contributed by atoms with E-state index >= 15 is 0 Å². The van der Waals surface area contributed by atoms with Crippen molar-refractivity contribution in [2.24, 2.45) is 0 Å². The number of nitrogens with zero attached hydrogens (tertiary/aromatic N) is 3. The first-order chi connectivity index (χ1) is 9.33. The molecule has 0 saturated carbocycles. The Morgan fingerprint density at radius 3 is 2.16 bits per heavy atom. The quantitative estimate of drug-likeness (QED) is 0.754. The molecular formula is C14H10N4O. The molecule has 0 amide bonds. The van der Waals surface area contributed by atoms with Crippen LogP contribution in [0.4, 0.5) is 0 Å². The van der Waals surface area contributed by atoms with Gasteiger partial charge >= 0.3 is 0 Å². The Kier molecular flexibility index (Phi) is 2.86. The zero-order valence-electron chi connectivity index (χ0n) is 9.95. The van der Waals surface area contributed by atoms with E-state index < -0.39 is 0 Å². The number of rotatable bonds is 2. The molecule has 3 aromatic rings. The third-order valence-corrected chi connectivity index (χ3v) is 2.58. The van der Waals surface area contributed by atoms with Crippen LogP contribution >= 0.6 is 0 Å². The van der Waals surface area contributed by atoms with Crippen molar-refractivity contribution >= 4 is 0 Å². The number of aromatic nitrogens is 4. The second-order valence-corrected chi connectivity index (χ2v) is 3.91. The zero-order valence-corrected chi connectivity index (χ0v) is 9.95. The summed E-state index contributed by atoms with van der Waals surface area (Å²) in [7, 11) is 0. The topological polar surface area (TPSA) is 71.5 Å². The van der Waals surface area contributed by atoms with E-state index in [1.165, 1.54) is 6.07 Å². The molecule has 0 aliphatic rings. The van der Waals surface area contributed by atoms with Gasteiger partial charge in [-0.2, -0.15) is 0 Å². The molecular weight excluding hydrogens is 240 g/mol. The Bertz CT molecular complexity index is 677. The summed E-state index contributed by atoms with van der Waals surface area (Å²) in [6.07, 6.45) is 3.32. The van der Waals surface area contributed by atoms with Crippen molar-refractivity contribution in [1.82, 2.24) is 19.9 Å². The number of hydrogen-bond donors (Lipinski definition) is 1. The minimum atomic E-state index is -0.226. The van der Waals surface area contributed by atoms with Gasteiger partial charge in [-0.3, -0.25) is 14.8 Å². The van der Waals surface area contributed by atoms with E-state index in [1.54, 1.807) is 18.5 Å². The standard InChI is InChI=1S/C14H10N4O/c19-13-9-12(10-5-1-3-7-15-10)17-14(18-13)11-6-2-4-8-16-11/h1-9H,(H,17,18,19). The minimum Gasteiger partial charge on any atom is -0.305 e. The lowest BCUT2D eigenvalue weighted by Gasteiger charge is -2.03. The maximum atomic E-state index is 11.7. The molecule has 19 heavy (non-hydrogen) atoms. The first-order valence-electron chi connectivity index (χ1n) is 5.77. The summed E-state index contributed by atoms with van der Waals surface area (Å²) in [5, 5.41) is 0. The van der Waals surface area contributed by atoms with Crippen molar-refractivity contribution in [3.63, 3.8) is 0 Å². The lowest BCUT2D eigenvalue weighted by molar-refractivity contribution is 1.10. The molecule has 0 aliphatic heterocycles. The second-order valence-electron chi connectivity index (χ2n) is 3.91. The highest BCUT2D eigenvalue weighted by molar-refractivity contribution is 5.58. The van der Waals surface area contributed by atoms with Crippen LogP contribution in [0.25, 0.3) is 22.9 Å². The number of hydrogen-bond acceptors (Lipinski definition) is 4. The van der Waals surface area contributed by atoms with Crippen LogP contribution in [0.2, 0.25) is 0 Å². The molecule has 1 N–H and O–H groups in total. The third-order valence-electron chi connectivity index (χ3n) is 2.58. The Labute approximate surface area is 109 Å². The monoisotopic (exact) mass is 250 g/mol. The minimum absolute atomic E-state index is 0.226. The van der Waals surface area contributed by atoms with E-state index in [0.717, 1.165) is 0 Å². The fourth-order valence-corrected chi connectivity index (χ4v) is 1.73. The summed E-state index contributed by atoms with van der Waals surface area (Å²) in [6, 6.07) is 12.3. The van der Waals surface area contributed by atoms with Crippen LogP contribution in [0.15, 0.2) is 59.7 Å². The van der Waals surface area contributed by atoms with Gasteiger partial charge in [-0.25, -0.2) is 4.98 Å². The predicted molar refractivity (Wildman–Crippen MR) is 71.3 cm³/mol. The first-order valence-corrected chi connectivity index (χ1v) is 5.77. The maximum absolute atomic E-state index is 11.7. The normalized spacial score (nSPS) is 10.3. The van der Waals surface area contributed by atoms with Crippen LogP contribution in [0.5, 0.6) is 0 Å². The van der Waals surface area contributed by atoms with Gasteiger partial charge in [-0.05, 0) is 24.3 Å². The fourth-order valence-electron chi connectivity index (χ4n) is 1.73. The summed E-state index contributed by atoms with van der Waals surface area (Å²) in [4.78, 5) is 27.1. The molecule has 0 atom stereocenters. The molecule has 0 unspecified atom stereocenters. The summed E-state index contributed by atoms with van der Waals surface area (Å²) in [5.41, 5.74) is 1.59. The van der Waals surface area contributed by atoms with Gasteiger partial charge in [0.25, 0.3) is 5.56 Å². The van der Waals surface area contributed by atoms with Crippen LogP contribution in [-0.4, -0.2) is 19.9 Å². The molecule has 0 saturated heterocycles. The predicted octanol–water partition coefficient (Wildman–Crippen LogP) is 1.89. The smallest absolute Gasteiger partial charge is 0.251 e. The highest BCUT2D eigenvalue weighted by Crippen LogP contribution is 2.15. The highest BCUT2D eigenvalue weighted by Gasteiger charge is 2.07. The average Bonchev–Trinajstić information content (AvgIpc) is 2.48. The van der Waals surface area contributed by atoms with Crippen molar-refractivity contribution in [3.05, 3.63) is 65.2 Å². The molecule has 92 valence electrons. The van der Waals surface area contributed by atoms with Gasteiger partial charge in [0.2, 0.25) is 0 Å². The average molecular weight is 250 g/mol. The van der Waals surface area contributed by atoms with Gasteiger partial charge in [0.1, 0.15) is 5.69 Å².